The molecule has 0 amide bonds. The normalized spacial score (nSPS) is 15.7. The van der Waals surface area contributed by atoms with E-state index < -0.39 is 0 Å². The second kappa shape index (κ2) is 6.09. The molecule has 8 heteroatoms. The van der Waals surface area contributed by atoms with Crippen molar-refractivity contribution in [3.63, 3.8) is 0 Å². The number of nitrogens with zero attached hydrogens (tertiary/aromatic N) is 6. The quantitative estimate of drug-likeness (QED) is 0.529. The van der Waals surface area contributed by atoms with Gasteiger partial charge in [-0.3, -0.25) is 0 Å². The van der Waals surface area contributed by atoms with E-state index in [1.54, 1.807) is 24.3 Å². The second-order valence-corrected chi connectivity index (χ2v) is 5.30. The molecule has 1 aliphatic heterocycles. The van der Waals surface area contributed by atoms with Gasteiger partial charge in [-0.25, -0.2) is 0 Å². The number of tetrazole rings is 1. The summed E-state index contributed by atoms with van der Waals surface area (Å²) in [6, 6.07) is 7.06. The predicted octanol–water partition coefficient (Wildman–Crippen LogP) is 1.81. The van der Waals surface area contributed by atoms with Gasteiger partial charge in [0.05, 0.1) is 0 Å². The fraction of sp³-hybridized carbons (Fsp3) is 0.385. The van der Waals surface area contributed by atoms with Gasteiger partial charge >= 0.3 is 0 Å². The molecule has 0 saturated carbocycles. The zero-order valence-corrected chi connectivity index (χ0v) is 12.1. The van der Waals surface area contributed by atoms with Crippen molar-refractivity contribution in [3.05, 3.63) is 34.9 Å². The van der Waals surface area contributed by atoms with Crippen LogP contribution in [0.2, 0.25) is 5.02 Å². The van der Waals surface area contributed by atoms with E-state index >= 15 is 0 Å². The highest BCUT2D eigenvalue weighted by molar-refractivity contribution is 6.30. The highest BCUT2D eigenvalue weighted by Gasteiger charge is 2.17. The van der Waals surface area contributed by atoms with Crippen molar-refractivity contribution in [3.8, 4) is 0 Å². The molecule has 3 rings (SSSR count). The van der Waals surface area contributed by atoms with Crippen molar-refractivity contribution < 1.29 is 5.21 Å². The summed E-state index contributed by atoms with van der Waals surface area (Å²) in [5.41, 5.74) is 1.22. The van der Waals surface area contributed by atoms with Gasteiger partial charge < -0.3 is 10.1 Å². The lowest BCUT2D eigenvalue weighted by Crippen LogP contribution is -2.20. The molecule has 7 nitrogen and oxygen atoms in total. The molecule has 1 aromatic heterocycles. The Balaban J connectivity index is 1.73. The van der Waals surface area contributed by atoms with Gasteiger partial charge in [0.25, 0.3) is 5.95 Å². The maximum Gasteiger partial charge on any atom is 0.266 e. The molecule has 1 fully saturated rings. The summed E-state index contributed by atoms with van der Waals surface area (Å²) in [7, 11) is 0. The van der Waals surface area contributed by atoms with Gasteiger partial charge in [-0.05, 0) is 30.2 Å². The smallest absolute Gasteiger partial charge is 0.266 e. The maximum absolute atomic E-state index is 9.18. The molecule has 0 spiro atoms. The number of halogens is 1. The molecule has 0 atom stereocenters. The van der Waals surface area contributed by atoms with Gasteiger partial charge in [-0.1, -0.05) is 34.0 Å². The highest BCUT2D eigenvalue weighted by atomic mass is 35.5. The van der Waals surface area contributed by atoms with Crippen molar-refractivity contribution in [1.29, 1.82) is 0 Å². The van der Waals surface area contributed by atoms with Gasteiger partial charge in [0.2, 0.25) is 0 Å². The molecule has 2 heterocycles. The van der Waals surface area contributed by atoms with Crippen molar-refractivity contribution in [2.24, 2.45) is 5.16 Å². The Morgan fingerprint density at radius 3 is 2.62 bits per heavy atom. The number of anilines is 1. The molecule has 2 aromatic rings. The van der Waals surface area contributed by atoms with Crippen LogP contribution >= 0.6 is 11.6 Å². The van der Waals surface area contributed by atoms with Crippen molar-refractivity contribution in [1.82, 2.24) is 20.2 Å². The van der Waals surface area contributed by atoms with E-state index in [-0.39, 0.29) is 6.54 Å². The summed E-state index contributed by atoms with van der Waals surface area (Å²) in [6.45, 7) is 2.17. The Kier molecular flexibility index (Phi) is 4.01. The highest BCUT2D eigenvalue weighted by Crippen LogP contribution is 2.14. The van der Waals surface area contributed by atoms with E-state index in [2.05, 4.69) is 25.5 Å². The van der Waals surface area contributed by atoms with E-state index in [0.717, 1.165) is 31.5 Å². The van der Waals surface area contributed by atoms with E-state index in [1.165, 1.54) is 4.80 Å². The van der Waals surface area contributed by atoms with Crippen LogP contribution in [0.25, 0.3) is 0 Å². The Hall–Kier alpha value is -2.15. The fourth-order valence-corrected chi connectivity index (χ4v) is 2.43. The molecular weight excluding hydrogens is 292 g/mol. The first kappa shape index (κ1) is 13.8. The van der Waals surface area contributed by atoms with Crippen LogP contribution in [0, 0.1) is 0 Å². The molecule has 1 saturated heterocycles. The van der Waals surface area contributed by atoms with Gasteiger partial charge in [0, 0.05) is 23.7 Å². The third-order valence-electron chi connectivity index (χ3n) is 3.42. The maximum atomic E-state index is 9.18. The minimum Gasteiger partial charge on any atom is -0.411 e. The number of aromatic nitrogens is 4. The minimum absolute atomic E-state index is 0.249. The lowest BCUT2D eigenvalue weighted by molar-refractivity contribution is 0.316. The number of hydrogen-bond donors (Lipinski definition) is 1. The van der Waals surface area contributed by atoms with Crippen LogP contribution in [0.1, 0.15) is 18.4 Å². The number of oxime groups is 1. The Bertz CT molecular complexity index is 632. The van der Waals surface area contributed by atoms with Gasteiger partial charge in [-0.15, -0.1) is 5.10 Å². The first-order chi connectivity index (χ1) is 10.3. The van der Waals surface area contributed by atoms with Gasteiger partial charge in [0.15, 0.2) is 0 Å². The van der Waals surface area contributed by atoms with Crippen LogP contribution in [0.15, 0.2) is 29.4 Å². The van der Waals surface area contributed by atoms with Crippen LogP contribution in [0.3, 0.4) is 0 Å². The van der Waals surface area contributed by atoms with Gasteiger partial charge in [0.1, 0.15) is 12.3 Å². The van der Waals surface area contributed by atoms with E-state index in [9.17, 15) is 5.21 Å². The van der Waals surface area contributed by atoms with Gasteiger partial charge in [-0.2, -0.15) is 4.80 Å². The van der Waals surface area contributed by atoms with Crippen LogP contribution in [-0.4, -0.2) is 44.2 Å². The molecule has 0 bridgehead atoms. The van der Waals surface area contributed by atoms with Crippen LogP contribution in [0.4, 0.5) is 5.95 Å². The van der Waals surface area contributed by atoms with Crippen molar-refractivity contribution >= 4 is 23.3 Å². The van der Waals surface area contributed by atoms with Crippen molar-refractivity contribution in [2.75, 3.05) is 18.0 Å². The fourth-order valence-electron chi connectivity index (χ4n) is 2.30. The standard InChI is InChI=1S/C13H15ClN6O/c14-11-5-3-10(4-6-11)12(17-21)9-20-16-13(15-18-20)19-7-1-2-8-19/h3-6,21H,1-2,7-9H2/b17-12-. The third kappa shape index (κ3) is 3.13. The van der Waals surface area contributed by atoms with E-state index in [1.807, 2.05) is 0 Å². The number of rotatable bonds is 4. The molecule has 0 radical (unpaired) electrons. The molecule has 1 N–H and O–H groups in total. The van der Waals surface area contributed by atoms with E-state index in [0.29, 0.717) is 16.7 Å². The Morgan fingerprint density at radius 2 is 1.95 bits per heavy atom. The summed E-state index contributed by atoms with van der Waals surface area (Å²) in [4.78, 5) is 3.53. The summed E-state index contributed by atoms with van der Waals surface area (Å²) in [6.07, 6.45) is 2.31. The lowest BCUT2D eigenvalue weighted by Gasteiger charge is -2.10. The molecule has 1 aromatic carbocycles. The molecule has 21 heavy (non-hydrogen) atoms. The van der Waals surface area contributed by atoms with Crippen molar-refractivity contribution in [2.45, 2.75) is 19.4 Å². The zero-order valence-electron chi connectivity index (χ0n) is 11.4. The van der Waals surface area contributed by atoms with E-state index in [4.69, 9.17) is 11.6 Å². The molecule has 0 aliphatic carbocycles. The summed E-state index contributed by atoms with van der Waals surface area (Å²) >= 11 is 5.85. The molecule has 110 valence electrons. The molecule has 1 aliphatic rings. The summed E-state index contributed by atoms with van der Waals surface area (Å²) < 4.78 is 0. The first-order valence-corrected chi connectivity index (χ1v) is 7.13. The average Bonchev–Trinajstić information content (AvgIpc) is 3.17. The molecular formula is C13H15ClN6O. The topological polar surface area (TPSA) is 79.4 Å². The SMILES string of the molecule is O/N=C(/Cn1nnc(N2CCCC2)n1)c1ccc(Cl)cc1. The van der Waals surface area contributed by atoms with Crippen LogP contribution < -0.4 is 4.90 Å². The number of benzene rings is 1. The monoisotopic (exact) mass is 306 g/mol. The van der Waals surface area contributed by atoms with Crippen LogP contribution in [0.5, 0.6) is 0 Å². The minimum atomic E-state index is 0.249. The summed E-state index contributed by atoms with van der Waals surface area (Å²) in [5.74, 6) is 0.626. The zero-order chi connectivity index (χ0) is 14.7. The lowest BCUT2D eigenvalue weighted by atomic mass is 10.1. The van der Waals surface area contributed by atoms with Crippen LogP contribution in [-0.2, 0) is 6.54 Å². The molecule has 0 unspecified atom stereocenters. The third-order valence-corrected chi connectivity index (χ3v) is 3.67. The number of hydrogen-bond acceptors (Lipinski definition) is 6. The first-order valence-electron chi connectivity index (χ1n) is 6.76. The Morgan fingerprint density at radius 1 is 1.24 bits per heavy atom. The largest absolute Gasteiger partial charge is 0.411 e. The second-order valence-electron chi connectivity index (χ2n) is 4.87. The predicted molar refractivity (Wildman–Crippen MR) is 79.0 cm³/mol. The Labute approximate surface area is 126 Å². The summed E-state index contributed by atoms with van der Waals surface area (Å²) in [5, 5.41) is 25.5. The average molecular weight is 307 g/mol.